The standard InChI is InChI=1S/C19H27FN2O3.ClH/c1-2-24-19(23)10-15(14-3-4-14)16-9-18(22-11-17(16)20)25-12-13-5-7-21-8-6-13;/h9,11,13-15,21H,2-8,10,12H2,1H3;1H. The summed E-state index contributed by atoms with van der Waals surface area (Å²) in [6, 6.07) is 1.68. The smallest absolute Gasteiger partial charge is 0.306 e. The highest BCUT2D eigenvalue weighted by atomic mass is 35.5. The first-order chi connectivity index (χ1) is 12.2. The number of carbonyl (C=O) groups is 1. The van der Waals surface area contributed by atoms with Crippen molar-refractivity contribution in [1.29, 1.82) is 0 Å². The number of rotatable bonds is 8. The number of aromatic nitrogens is 1. The maximum Gasteiger partial charge on any atom is 0.306 e. The lowest BCUT2D eigenvalue weighted by atomic mass is 9.91. The van der Waals surface area contributed by atoms with Gasteiger partial charge in [0.05, 0.1) is 25.8 Å². The minimum atomic E-state index is -0.365. The van der Waals surface area contributed by atoms with Gasteiger partial charge in [-0.3, -0.25) is 4.79 Å². The van der Waals surface area contributed by atoms with Gasteiger partial charge in [-0.25, -0.2) is 9.37 Å². The third-order valence-corrected chi connectivity index (χ3v) is 5.07. The first-order valence-electron chi connectivity index (χ1n) is 9.32. The Balaban J connectivity index is 0.00000243. The van der Waals surface area contributed by atoms with E-state index in [1.54, 1.807) is 13.0 Å². The molecule has 7 heteroatoms. The number of carbonyl (C=O) groups excluding carboxylic acids is 1. The number of esters is 1. The van der Waals surface area contributed by atoms with Gasteiger partial charge in [-0.2, -0.15) is 0 Å². The molecule has 2 heterocycles. The van der Waals surface area contributed by atoms with Crippen molar-refractivity contribution in [2.75, 3.05) is 26.3 Å². The van der Waals surface area contributed by atoms with Gasteiger partial charge >= 0.3 is 5.97 Å². The van der Waals surface area contributed by atoms with Gasteiger partial charge in [0.2, 0.25) is 5.88 Å². The second-order valence-corrected chi connectivity index (χ2v) is 7.00. The molecule has 0 bridgehead atoms. The quantitative estimate of drug-likeness (QED) is 0.693. The summed E-state index contributed by atoms with van der Waals surface area (Å²) in [5.41, 5.74) is 0.533. The zero-order valence-electron chi connectivity index (χ0n) is 15.2. The van der Waals surface area contributed by atoms with E-state index in [2.05, 4.69) is 10.3 Å². The van der Waals surface area contributed by atoms with E-state index in [1.165, 1.54) is 6.20 Å². The average Bonchev–Trinajstić information content (AvgIpc) is 3.45. The van der Waals surface area contributed by atoms with Crippen molar-refractivity contribution in [3.8, 4) is 5.88 Å². The van der Waals surface area contributed by atoms with Crippen LogP contribution < -0.4 is 10.1 Å². The van der Waals surface area contributed by atoms with Gasteiger partial charge < -0.3 is 14.8 Å². The predicted molar refractivity (Wildman–Crippen MR) is 99.2 cm³/mol. The Morgan fingerprint density at radius 1 is 1.35 bits per heavy atom. The third kappa shape index (κ3) is 5.81. The molecule has 2 aliphatic rings. The molecule has 3 rings (SSSR count). The SMILES string of the molecule is CCOC(=O)CC(c1cc(OCC2CCNCC2)ncc1F)C1CC1.Cl. The van der Waals surface area contributed by atoms with E-state index in [4.69, 9.17) is 9.47 Å². The number of halogens is 2. The number of hydrogen-bond acceptors (Lipinski definition) is 5. The first-order valence-corrected chi connectivity index (χ1v) is 9.32. The van der Waals surface area contributed by atoms with Gasteiger partial charge in [0, 0.05) is 12.0 Å². The molecule has 1 N–H and O–H groups in total. The van der Waals surface area contributed by atoms with Crippen molar-refractivity contribution >= 4 is 18.4 Å². The summed E-state index contributed by atoms with van der Waals surface area (Å²) in [4.78, 5) is 16.0. The molecule has 1 aliphatic carbocycles. The maximum atomic E-state index is 14.4. The van der Waals surface area contributed by atoms with E-state index >= 15 is 0 Å². The van der Waals surface area contributed by atoms with Crippen LogP contribution in [0.1, 0.15) is 50.5 Å². The second-order valence-electron chi connectivity index (χ2n) is 7.00. The van der Waals surface area contributed by atoms with Gasteiger partial charge in [0.1, 0.15) is 5.82 Å². The molecular weight excluding hydrogens is 359 g/mol. The fraction of sp³-hybridized carbons (Fsp3) is 0.684. The zero-order valence-corrected chi connectivity index (χ0v) is 16.0. The van der Waals surface area contributed by atoms with Crippen LogP contribution in [0.3, 0.4) is 0 Å². The summed E-state index contributed by atoms with van der Waals surface area (Å²) in [5.74, 6) is 0.518. The molecule has 146 valence electrons. The summed E-state index contributed by atoms with van der Waals surface area (Å²) in [6.07, 6.45) is 5.65. The number of nitrogens with one attached hydrogen (secondary N) is 1. The zero-order chi connectivity index (χ0) is 17.6. The number of piperidine rings is 1. The molecule has 1 aromatic heterocycles. The molecule has 1 aromatic rings. The number of hydrogen-bond donors (Lipinski definition) is 1. The molecule has 1 unspecified atom stereocenters. The lowest BCUT2D eigenvalue weighted by Gasteiger charge is -2.23. The van der Waals surface area contributed by atoms with Crippen LogP contribution in [0.5, 0.6) is 5.88 Å². The summed E-state index contributed by atoms with van der Waals surface area (Å²) in [6.45, 7) is 4.76. The van der Waals surface area contributed by atoms with Crippen molar-refractivity contribution in [2.24, 2.45) is 11.8 Å². The van der Waals surface area contributed by atoms with Crippen LogP contribution in [0.2, 0.25) is 0 Å². The van der Waals surface area contributed by atoms with Gasteiger partial charge in [-0.15, -0.1) is 12.4 Å². The van der Waals surface area contributed by atoms with E-state index < -0.39 is 0 Å². The van der Waals surface area contributed by atoms with Crippen LogP contribution in [-0.2, 0) is 9.53 Å². The fourth-order valence-corrected chi connectivity index (χ4v) is 3.48. The van der Waals surface area contributed by atoms with E-state index in [9.17, 15) is 9.18 Å². The molecule has 2 fully saturated rings. The highest BCUT2D eigenvalue weighted by molar-refractivity contribution is 5.85. The van der Waals surface area contributed by atoms with E-state index in [-0.39, 0.29) is 36.5 Å². The lowest BCUT2D eigenvalue weighted by Crippen LogP contribution is -2.30. The van der Waals surface area contributed by atoms with E-state index in [0.29, 0.717) is 36.5 Å². The van der Waals surface area contributed by atoms with Gasteiger partial charge in [0.15, 0.2) is 0 Å². The summed E-state index contributed by atoms with van der Waals surface area (Å²) < 4.78 is 25.2. The molecule has 1 saturated carbocycles. The Labute approximate surface area is 160 Å². The predicted octanol–water partition coefficient (Wildman–Crippen LogP) is 3.47. The van der Waals surface area contributed by atoms with Crippen molar-refractivity contribution in [3.63, 3.8) is 0 Å². The summed E-state index contributed by atoms with van der Waals surface area (Å²) >= 11 is 0. The minimum Gasteiger partial charge on any atom is -0.477 e. The molecule has 0 radical (unpaired) electrons. The Kier molecular flexibility index (Phi) is 8.10. The number of ether oxygens (including phenoxy) is 2. The summed E-state index contributed by atoms with van der Waals surface area (Å²) in [7, 11) is 0. The molecule has 1 atom stereocenters. The molecule has 5 nitrogen and oxygen atoms in total. The van der Waals surface area contributed by atoms with Gasteiger partial charge in [0.25, 0.3) is 0 Å². The molecule has 0 spiro atoms. The largest absolute Gasteiger partial charge is 0.477 e. The van der Waals surface area contributed by atoms with Crippen molar-refractivity contribution in [3.05, 3.63) is 23.6 Å². The molecule has 0 amide bonds. The van der Waals surface area contributed by atoms with Crippen LogP contribution in [0.15, 0.2) is 12.3 Å². The van der Waals surface area contributed by atoms with Gasteiger partial charge in [-0.05, 0) is 63.1 Å². The normalized spacial score (nSPS) is 18.7. The van der Waals surface area contributed by atoms with Gasteiger partial charge in [-0.1, -0.05) is 0 Å². The Hall–Kier alpha value is -1.40. The average molecular weight is 387 g/mol. The van der Waals surface area contributed by atoms with Crippen molar-refractivity contribution < 1.29 is 18.7 Å². The Morgan fingerprint density at radius 3 is 2.73 bits per heavy atom. The monoisotopic (exact) mass is 386 g/mol. The van der Waals surface area contributed by atoms with E-state index in [0.717, 1.165) is 38.8 Å². The molecule has 1 aliphatic heterocycles. The van der Waals surface area contributed by atoms with Crippen LogP contribution >= 0.6 is 12.4 Å². The Morgan fingerprint density at radius 2 is 2.08 bits per heavy atom. The van der Waals surface area contributed by atoms with Crippen LogP contribution in [0.4, 0.5) is 4.39 Å². The number of nitrogens with zero attached hydrogens (tertiary/aromatic N) is 1. The minimum absolute atomic E-state index is 0. The second kappa shape index (κ2) is 10.1. The molecule has 0 aromatic carbocycles. The van der Waals surface area contributed by atoms with Crippen LogP contribution in [-0.4, -0.2) is 37.3 Å². The highest BCUT2D eigenvalue weighted by Crippen LogP contribution is 2.45. The van der Waals surface area contributed by atoms with Crippen molar-refractivity contribution in [2.45, 2.75) is 44.9 Å². The number of pyridine rings is 1. The van der Waals surface area contributed by atoms with Crippen LogP contribution in [0, 0.1) is 17.7 Å². The lowest BCUT2D eigenvalue weighted by molar-refractivity contribution is -0.143. The van der Waals surface area contributed by atoms with E-state index in [1.807, 2.05) is 0 Å². The Bertz CT molecular complexity index is 592. The topological polar surface area (TPSA) is 60.5 Å². The molecule has 26 heavy (non-hydrogen) atoms. The van der Waals surface area contributed by atoms with Crippen LogP contribution in [0.25, 0.3) is 0 Å². The third-order valence-electron chi connectivity index (χ3n) is 5.07. The van der Waals surface area contributed by atoms with Crippen molar-refractivity contribution in [1.82, 2.24) is 10.3 Å². The molecule has 1 saturated heterocycles. The molecular formula is C19H28ClFN2O3. The highest BCUT2D eigenvalue weighted by Gasteiger charge is 2.36. The fourth-order valence-electron chi connectivity index (χ4n) is 3.48. The maximum absolute atomic E-state index is 14.4. The first kappa shape index (κ1) is 20.9. The summed E-state index contributed by atoms with van der Waals surface area (Å²) in [5, 5.41) is 3.33.